The quantitative estimate of drug-likeness (QED) is 0.663. The standard InChI is InChI=1S/C9H7FOS/c1-5-2-6-4-8(10)12-9(6)7(11)3-5/h2-4,11H,1H3. The highest BCUT2D eigenvalue weighted by Gasteiger charge is 2.05. The van der Waals surface area contributed by atoms with E-state index in [1.54, 1.807) is 6.07 Å². The number of aryl methyl sites for hydroxylation is 1. The van der Waals surface area contributed by atoms with Crippen LogP contribution in [0.1, 0.15) is 5.56 Å². The fourth-order valence-corrected chi connectivity index (χ4v) is 2.03. The average Bonchev–Trinajstić information content (AvgIpc) is 2.29. The molecule has 0 aliphatic carbocycles. The van der Waals surface area contributed by atoms with Crippen LogP contribution in [0.2, 0.25) is 0 Å². The lowest BCUT2D eigenvalue weighted by Gasteiger charge is -1.95. The number of rotatable bonds is 0. The van der Waals surface area contributed by atoms with E-state index in [-0.39, 0.29) is 10.9 Å². The van der Waals surface area contributed by atoms with Gasteiger partial charge in [-0.05, 0) is 30.0 Å². The first kappa shape index (κ1) is 7.55. The van der Waals surface area contributed by atoms with Crippen LogP contribution in [0.15, 0.2) is 18.2 Å². The number of fused-ring (bicyclic) bond motifs is 1. The normalized spacial score (nSPS) is 10.8. The minimum Gasteiger partial charge on any atom is -0.506 e. The van der Waals surface area contributed by atoms with Crippen molar-refractivity contribution in [1.29, 1.82) is 0 Å². The molecule has 1 N–H and O–H groups in total. The average molecular weight is 182 g/mol. The fourth-order valence-electron chi connectivity index (χ4n) is 1.25. The van der Waals surface area contributed by atoms with Crippen LogP contribution >= 0.6 is 11.3 Å². The van der Waals surface area contributed by atoms with Crippen LogP contribution in [0.5, 0.6) is 5.75 Å². The molecule has 0 aliphatic heterocycles. The molecule has 1 nitrogen and oxygen atoms in total. The van der Waals surface area contributed by atoms with E-state index in [4.69, 9.17) is 0 Å². The molecule has 62 valence electrons. The molecule has 0 saturated carbocycles. The molecule has 2 rings (SSSR count). The van der Waals surface area contributed by atoms with Gasteiger partial charge in [0.2, 0.25) is 0 Å². The SMILES string of the molecule is Cc1cc(O)c2sc(F)cc2c1. The van der Waals surface area contributed by atoms with Crippen LogP contribution in [-0.4, -0.2) is 5.11 Å². The molecule has 0 spiro atoms. The number of hydrogen-bond acceptors (Lipinski definition) is 2. The molecular weight excluding hydrogens is 175 g/mol. The Morgan fingerprint density at radius 1 is 1.33 bits per heavy atom. The second-order valence-corrected chi connectivity index (χ2v) is 3.76. The van der Waals surface area contributed by atoms with Crippen LogP contribution < -0.4 is 0 Å². The van der Waals surface area contributed by atoms with E-state index in [0.717, 1.165) is 22.3 Å². The van der Waals surface area contributed by atoms with Crippen molar-refractivity contribution < 1.29 is 9.50 Å². The van der Waals surface area contributed by atoms with E-state index in [2.05, 4.69) is 0 Å². The lowest BCUT2D eigenvalue weighted by atomic mass is 10.2. The van der Waals surface area contributed by atoms with Gasteiger partial charge in [-0.25, -0.2) is 0 Å². The number of phenols is 1. The molecule has 2 aromatic rings. The zero-order valence-electron chi connectivity index (χ0n) is 6.47. The van der Waals surface area contributed by atoms with Crippen LogP contribution in [0, 0.1) is 12.1 Å². The topological polar surface area (TPSA) is 20.2 Å². The highest BCUT2D eigenvalue weighted by atomic mass is 32.1. The molecule has 0 atom stereocenters. The van der Waals surface area contributed by atoms with Gasteiger partial charge in [0.25, 0.3) is 0 Å². The Bertz CT molecular complexity index is 433. The van der Waals surface area contributed by atoms with E-state index < -0.39 is 0 Å². The molecule has 0 fully saturated rings. The Hall–Kier alpha value is -1.09. The van der Waals surface area contributed by atoms with E-state index in [1.807, 2.05) is 13.0 Å². The Kier molecular flexibility index (Phi) is 1.54. The van der Waals surface area contributed by atoms with Crippen molar-refractivity contribution in [2.75, 3.05) is 0 Å². The van der Waals surface area contributed by atoms with E-state index in [0.29, 0.717) is 4.70 Å². The third-order valence-corrected chi connectivity index (χ3v) is 2.67. The highest BCUT2D eigenvalue weighted by Crippen LogP contribution is 2.32. The third-order valence-electron chi connectivity index (χ3n) is 1.71. The first-order valence-corrected chi connectivity index (χ1v) is 4.37. The van der Waals surface area contributed by atoms with Crippen molar-refractivity contribution >= 4 is 21.4 Å². The van der Waals surface area contributed by atoms with Crippen LogP contribution in [0.25, 0.3) is 10.1 Å². The minimum atomic E-state index is -0.258. The maximum absolute atomic E-state index is 12.7. The van der Waals surface area contributed by atoms with Crippen molar-refractivity contribution in [3.05, 3.63) is 28.9 Å². The van der Waals surface area contributed by atoms with Gasteiger partial charge < -0.3 is 5.11 Å². The van der Waals surface area contributed by atoms with Gasteiger partial charge >= 0.3 is 0 Å². The number of halogens is 1. The predicted octanol–water partition coefficient (Wildman–Crippen LogP) is 3.05. The molecule has 0 bridgehead atoms. The van der Waals surface area contributed by atoms with Gasteiger partial charge in [-0.15, -0.1) is 11.3 Å². The van der Waals surface area contributed by atoms with Gasteiger partial charge in [0, 0.05) is 0 Å². The maximum atomic E-state index is 12.7. The Balaban J connectivity index is 2.88. The molecular formula is C9H7FOS. The fraction of sp³-hybridized carbons (Fsp3) is 0.111. The molecule has 0 unspecified atom stereocenters. The number of aromatic hydroxyl groups is 1. The van der Waals surface area contributed by atoms with Gasteiger partial charge in [-0.2, -0.15) is 4.39 Å². The summed E-state index contributed by atoms with van der Waals surface area (Å²) < 4.78 is 13.4. The lowest BCUT2D eigenvalue weighted by molar-refractivity contribution is 0.482. The molecule has 0 aliphatic rings. The third kappa shape index (κ3) is 1.06. The van der Waals surface area contributed by atoms with Crippen LogP contribution in [0.3, 0.4) is 0 Å². The van der Waals surface area contributed by atoms with Crippen molar-refractivity contribution in [2.45, 2.75) is 6.92 Å². The highest BCUT2D eigenvalue weighted by molar-refractivity contribution is 7.17. The van der Waals surface area contributed by atoms with E-state index in [1.165, 1.54) is 6.07 Å². The first-order chi connectivity index (χ1) is 5.66. The summed E-state index contributed by atoms with van der Waals surface area (Å²) in [6.45, 7) is 1.87. The van der Waals surface area contributed by atoms with Gasteiger partial charge in [-0.1, -0.05) is 6.07 Å². The summed E-state index contributed by atoms with van der Waals surface area (Å²) in [5, 5.41) is 9.92. The zero-order valence-corrected chi connectivity index (χ0v) is 7.28. The van der Waals surface area contributed by atoms with Crippen molar-refractivity contribution in [3.8, 4) is 5.75 Å². The smallest absolute Gasteiger partial charge is 0.177 e. The zero-order chi connectivity index (χ0) is 8.72. The van der Waals surface area contributed by atoms with Crippen molar-refractivity contribution in [1.82, 2.24) is 0 Å². The second kappa shape index (κ2) is 2.45. The molecule has 0 amide bonds. The summed E-state index contributed by atoms with van der Waals surface area (Å²) in [6.07, 6.45) is 0. The van der Waals surface area contributed by atoms with Gasteiger partial charge in [0.15, 0.2) is 5.13 Å². The van der Waals surface area contributed by atoms with E-state index >= 15 is 0 Å². The number of phenolic OH excluding ortho intramolecular Hbond substituents is 1. The lowest BCUT2D eigenvalue weighted by Crippen LogP contribution is -1.70. The summed E-state index contributed by atoms with van der Waals surface area (Å²) in [4.78, 5) is 0. The Labute approximate surface area is 73.1 Å². The molecule has 3 heteroatoms. The van der Waals surface area contributed by atoms with Gasteiger partial charge in [0.1, 0.15) is 5.75 Å². The monoisotopic (exact) mass is 182 g/mol. The second-order valence-electron chi connectivity index (χ2n) is 2.75. The first-order valence-electron chi connectivity index (χ1n) is 3.55. The molecule has 1 heterocycles. The van der Waals surface area contributed by atoms with Crippen molar-refractivity contribution in [2.24, 2.45) is 0 Å². The van der Waals surface area contributed by atoms with Gasteiger partial charge in [0.05, 0.1) is 4.70 Å². The van der Waals surface area contributed by atoms with Crippen LogP contribution in [0.4, 0.5) is 4.39 Å². The maximum Gasteiger partial charge on any atom is 0.177 e. The molecule has 0 saturated heterocycles. The minimum absolute atomic E-state index is 0.166. The largest absolute Gasteiger partial charge is 0.506 e. The van der Waals surface area contributed by atoms with Gasteiger partial charge in [-0.3, -0.25) is 0 Å². The Morgan fingerprint density at radius 2 is 2.08 bits per heavy atom. The molecule has 1 aromatic carbocycles. The number of hydrogen-bond donors (Lipinski definition) is 1. The molecule has 0 radical (unpaired) electrons. The summed E-state index contributed by atoms with van der Waals surface area (Å²) in [5.41, 5.74) is 0.942. The summed E-state index contributed by atoms with van der Waals surface area (Å²) >= 11 is 0.971. The van der Waals surface area contributed by atoms with Crippen LogP contribution in [-0.2, 0) is 0 Å². The molecule has 12 heavy (non-hydrogen) atoms. The van der Waals surface area contributed by atoms with Crippen molar-refractivity contribution in [3.63, 3.8) is 0 Å². The number of thiophene rings is 1. The summed E-state index contributed by atoms with van der Waals surface area (Å²) in [5.74, 6) is 0.166. The molecule has 1 aromatic heterocycles. The summed E-state index contributed by atoms with van der Waals surface area (Å²) in [6, 6.07) is 4.93. The number of benzene rings is 1. The Morgan fingerprint density at radius 3 is 2.83 bits per heavy atom. The summed E-state index contributed by atoms with van der Waals surface area (Å²) in [7, 11) is 0. The predicted molar refractivity (Wildman–Crippen MR) is 48.2 cm³/mol. The van der Waals surface area contributed by atoms with E-state index in [9.17, 15) is 9.50 Å².